The number of aromatic nitrogens is 1. The lowest BCUT2D eigenvalue weighted by atomic mass is 9.95. The Bertz CT molecular complexity index is 2200. The van der Waals surface area contributed by atoms with Crippen molar-refractivity contribution in [1.82, 2.24) is 25.0 Å². The van der Waals surface area contributed by atoms with Gasteiger partial charge >= 0.3 is 6.18 Å². The maximum Gasteiger partial charge on any atom is 0.407 e. The second-order valence-corrected chi connectivity index (χ2v) is 16.3. The highest BCUT2D eigenvalue weighted by Crippen LogP contribution is 2.39. The number of fused-ring (bicyclic) bond motifs is 1. The molecule has 0 radical (unpaired) electrons. The number of imide groups is 2. The van der Waals surface area contributed by atoms with E-state index in [0.717, 1.165) is 87.4 Å². The molecule has 1 aromatic heterocycles. The molecular formula is C43H46F3N9O5. The van der Waals surface area contributed by atoms with Crippen LogP contribution in [0.25, 0.3) is 4.85 Å². The first-order valence-corrected chi connectivity index (χ1v) is 20.5. The van der Waals surface area contributed by atoms with Crippen LogP contribution in [0.15, 0.2) is 54.7 Å². The SMILES string of the molecule is [C-]#[N+]c1ccc(N2CCC(C(=O)Nc3ccc(CN4CCN(CC5CCN(c6ccc7c(c6)C(=O)N(C6CCC(=O)NC6=O)C7=O)CC5)CC4)cn3)CC2)cc1C(F)(F)F. The van der Waals surface area contributed by atoms with Crippen molar-refractivity contribution in [2.24, 2.45) is 11.8 Å². The molecule has 4 saturated heterocycles. The number of amides is 5. The molecule has 5 aliphatic rings. The van der Waals surface area contributed by atoms with E-state index >= 15 is 0 Å². The number of carbonyl (C=O) groups is 5. The number of piperidine rings is 3. The number of nitrogens with one attached hydrogen (secondary N) is 2. The summed E-state index contributed by atoms with van der Waals surface area (Å²) in [5.74, 6) is -1.46. The first-order chi connectivity index (χ1) is 28.8. The van der Waals surface area contributed by atoms with Crippen LogP contribution in [-0.4, -0.2) is 114 Å². The van der Waals surface area contributed by atoms with Gasteiger partial charge in [-0.1, -0.05) is 12.1 Å². The van der Waals surface area contributed by atoms with E-state index in [2.05, 4.69) is 35.2 Å². The molecule has 0 bridgehead atoms. The van der Waals surface area contributed by atoms with Crippen molar-refractivity contribution in [3.63, 3.8) is 0 Å². The highest BCUT2D eigenvalue weighted by atomic mass is 19.4. The topological polar surface area (TPSA) is 143 Å². The summed E-state index contributed by atoms with van der Waals surface area (Å²) in [6.45, 7) is 15.1. The van der Waals surface area contributed by atoms with E-state index in [4.69, 9.17) is 6.57 Å². The highest BCUT2D eigenvalue weighted by Gasteiger charge is 2.45. The molecule has 0 saturated carbocycles. The Balaban J connectivity index is 0.745. The van der Waals surface area contributed by atoms with Crippen LogP contribution < -0.4 is 20.4 Å². The van der Waals surface area contributed by atoms with Crippen molar-refractivity contribution in [2.45, 2.75) is 57.3 Å². The number of pyridine rings is 1. The zero-order valence-corrected chi connectivity index (χ0v) is 33.0. The number of anilines is 3. The van der Waals surface area contributed by atoms with E-state index in [0.29, 0.717) is 48.9 Å². The Hall–Kier alpha value is -5.86. The van der Waals surface area contributed by atoms with Gasteiger partial charge in [-0.2, -0.15) is 13.2 Å². The number of rotatable bonds is 9. The Kier molecular flexibility index (Phi) is 11.6. The molecule has 5 amide bonds. The zero-order valence-electron chi connectivity index (χ0n) is 33.0. The Morgan fingerprint density at radius 3 is 2.10 bits per heavy atom. The third-order valence-electron chi connectivity index (χ3n) is 12.5. The van der Waals surface area contributed by atoms with Gasteiger partial charge in [0.25, 0.3) is 11.8 Å². The predicted molar refractivity (Wildman–Crippen MR) is 215 cm³/mol. The van der Waals surface area contributed by atoms with Gasteiger partial charge in [0.15, 0.2) is 5.69 Å². The van der Waals surface area contributed by atoms with Crippen LogP contribution in [0.3, 0.4) is 0 Å². The van der Waals surface area contributed by atoms with Crippen LogP contribution in [-0.2, 0) is 27.1 Å². The minimum Gasteiger partial charge on any atom is -0.372 e. The van der Waals surface area contributed by atoms with Gasteiger partial charge in [0.1, 0.15) is 11.9 Å². The van der Waals surface area contributed by atoms with E-state index < -0.39 is 47.1 Å². The molecule has 14 nitrogen and oxygen atoms in total. The van der Waals surface area contributed by atoms with Crippen molar-refractivity contribution in [3.05, 3.63) is 88.4 Å². The first-order valence-electron chi connectivity index (χ1n) is 20.5. The number of benzene rings is 2. The quantitative estimate of drug-likeness (QED) is 0.225. The molecule has 314 valence electrons. The number of halogens is 3. The second kappa shape index (κ2) is 17.0. The molecule has 3 aromatic rings. The zero-order chi connectivity index (χ0) is 42.1. The number of alkyl halides is 3. The largest absolute Gasteiger partial charge is 0.407 e. The fourth-order valence-corrected chi connectivity index (χ4v) is 9.05. The summed E-state index contributed by atoms with van der Waals surface area (Å²) in [6.07, 6.45) is 0.356. The van der Waals surface area contributed by atoms with Gasteiger partial charge < -0.3 is 20.0 Å². The van der Waals surface area contributed by atoms with Gasteiger partial charge in [0.05, 0.1) is 23.3 Å². The van der Waals surface area contributed by atoms with E-state index in [1.165, 1.54) is 12.1 Å². The van der Waals surface area contributed by atoms with E-state index in [1.807, 2.05) is 17.0 Å². The Labute approximate surface area is 345 Å². The van der Waals surface area contributed by atoms with Crippen molar-refractivity contribution >= 4 is 52.4 Å². The maximum absolute atomic E-state index is 13.5. The Morgan fingerprint density at radius 1 is 0.800 bits per heavy atom. The summed E-state index contributed by atoms with van der Waals surface area (Å²) in [5.41, 5.74) is 1.53. The van der Waals surface area contributed by atoms with Crippen LogP contribution in [0.5, 0.6) is 0 Å². The smallest absolute Gasteiger partial charge is 0.372 e. The van der Waals surface area contributed by atoms with Crippen molar-refractivity contribution in [2.75, 3.05) is 74.0 Å². The second-order valence-electron chi connectivity index (χ2n) is 16.3. The molecule has 5 aliphatic heterocycles. The molecule has 1 unspecified atom stereocenters. The molecule has 60 heavy (non-hydrogen) atoms. The molecule has 4 fully saturated rings. The van der Waals surface area contributed by atoms with Gasteiger partial charge in [0.2, 0.25) is 17.7 Å². The molecule has 17 heteroatoms. The van der Waals surface area contributed by atoms with Crippen molar-refractivity contribution in [3.8, 4) is 0 Å². The molecule has 0 aliphatic carbocycles. The number of hydrogen-bond acceptors (Lipinski definition) is 10. The minimum absolute atomic E-state index is 0.0813. The highest BCUT2D eigenvalue weighted by molar-refractivity contribution is 6.23. The minimum atomic E-state index is -4.62. The average molecular weight is 826 g/mol. The summed E-state index contributed by atoms with van der Waals surface area (Å²) in [6, 6.07) is 11.8. The normalized spacial score (nSPS) is 21.2. The molecule has 6 heterocycles. The fourth-order valence-electron chi connectivity index (χ4n) is 9.05. The van der Waals surface area contributed by atoms with Crippen molar-refractivity contribution < 1.29 is 37.1 Å². The van der Waals surface area contributed by atoms with Gasteiger partial charge in [-0.05, 0) is 80.0 Å². The molecule has 8 rings (SSSR count). The predicted octanol–water partition coefficient (Wildman–Crippen LogP) is 4.94. The summed E-state index contributed by atoms with van der Waals surface area (Å²) in [7, 11) is 0. The van der Waals surface area contributed by atoms with Gasteiger partial charge in [0, 0.05) is 95.4 Å². The van der Waals surface area contributed by atoms with Crippen LogP contribution in [0, 0.1) is 18.4 Å². The number of piperazine rings is 1. The lowest BCUT2D eigenvalue weighted by molar-refractivity contribution is -0.137. The summed E-state index contributed by atoms with van der Waals surface area (Å²) in [4.78, 5) is 81.0. The number of hydrogen-bond donors (Lipinski definition) is 2. The third kappa shape index (κ3) is 8.71. The fraction of sp³-hybridized carbons (Fsp3) is 0.465. The average Bonchev–Trinajstić information content (AvgIpc) is 3.49. The number of carbonyl (C=O) groups excluding carboxylic acids is 5. The summed E-state index contributed by atoms with van der Waals surface area (Å²) in [5, 5.41) is 5.14. The molecule has 2 N–H and O–H groups in total. The van der Waals surface area contributed by atoms with Gasteiger partial charge in [-0.25, -0.2) is 9.83 Å². The van der Waals surface area contributed by atoms with Crippen LogP contribution >= 0.6 is 0 Å². The van der Waals surface area contributed by atoms with Crippen LogP contribution in [0.2, 0.25) is 0 Å². The van der Waals surface area contributed by atoms with Gasteiger partial charge in [-0.15, -0.1) is 0 Å². The lowest BCUT2D eigenvalue weighted by Crippen LogP contribution is -2.54. The van der Waals surface area contributed by atoms with E-state index in [9.17, 15) is 37.1 Å². The van der Waals surface area contributed by atoms with Crippen LogP contribution in [0.1, 0.15) is 70.4 Å². The number of nitrogens with zero attached hydrogens (tertiary/aromatic N) is 7. The van der Waals surface area contributed by atoms with E-state index in [1.54, 1.807) is 24.4 Å². The summed E-state index contributed by atoms with van der Waals surface area (Å²) < 4.78 is 40.4. The maximum atomic E-state index is 13.5. The third-order valence-corrected chi connectivity index (χ3v) is 12.5. The van der Waals surface area contributed by atoms with Crippen molar-refractivity contribution in [1.29, 1.82) is 0 Å². The first kappa shape index (κ1) is 40.9. The lowest BCUT2D eigenvalue weighted by Gasteiger charge is -2.39. The molecule has 1 atom stereocenters. The summed E-state index contributed by atoms with van der Waals surface area (Å²) >= 11 is 0. The Morgan fingerprint density at radius 2 is 1.45 bits per heavy atom. The van der Waals surface area contributed by atoms with Gasteiger partial charge in [-0.3, -0.25) is 39.1 Å². The standard InChI is InChI=1S/C43H46F3N9O5/c1-47-35-6-4-31(23-34(35)43(44,45)46)54-16-12-29(13-17-54)39(57)49-37-8-2-28(24-48-37)26-52-20-18-51(19-21-52)25-27-10-14-53(15-11-27)30-3-5-32-33(22-30)42(60)55(41(32)59)36-7-9-38(56)50-40(36)58/h2-6,8,22-24,27,29,36H,7,9-21,25-26H2,(H,48,49,57)(H,50,56,58). The molecule has 2 aromatic carbocycles. The van der Waals surface area contributed by atoms with Crippen LogP contribution in [0.4, 0.5) is 36.1 Å². The molecule has 0 spiro atoms. The monoisotopic (exact) mass is 825 g/mol. The molecular weight excluding hydrogens is 780 g/mol. The van der Waals surface area contributed by atoms with E-state index in [-0.39, 0.29) is 30.2 Å².